The van der Waals surface area contributed by atoms with Gasteiger partial charge < -0.3 is 99.8 Å². The van der Waals surface area contributed by atoms with Crippen molar-refractivity contribution in [2.75, 3.05) is 33.7 Å². The molecule has 15 rings (SSSR count). The molecule has 0 aromatic rings. The fourth-order valence-electron chi connectivity index (χ4n) is 28.4. The lowest BCUT2D eigenvalue weighted by atomic mass is 9.73. The van der Waals surface area contributed by atoms with Gasteiger partial charge in [-0.3, -0.25) is 57.5 Å². The van der Waals surface area contributed by atoms with E-state index in [-0.39, 0.29) is 163 Å². The number of nitrogens with two attached hydrogens (primary N) is 2. The number of hydrogen-bond acceptors (Lipinski definition) is 19. The number of likely N-dealkylation sites (N-methyl/N-ethyl adjacent to an activating group) is 2. The maximum atomic E-state index is 14.8. The van der Waals surface area contributed by atoms with Gasteiger partial charge in [-0.05, 0) is 235 Å². The van der Waals surface area contributed by atoms with E-state index in [0.29, 0.717) is 83.3 Å². The van der Waals surface area contributed by atoms with Gasteiger partial charge in [0.25, 0.3) is 17.7 Å². The SMILES string of the molecule is CCC[C@H](NC(=O)[C@@H]1C[C@@]2(CN1C(=O)[C@@H](N)C(C)(C)C)C(C)(C)C21CCC1)C(O)C(=O)NC1CC1.CCC[C@H](NC(=O)[C@@H]1C[C@@]2(CN1C(=O)[C@@H](NC(=O)[C@@H](N)C1CCCCC1)C(C)(C)C)C(C)(C)C21CCC1)C(O)C(=O)NC1CC1.CCC[C@H](NC(=O)[C@@H]1C[C@@]2(CN1C(=O)[C@@H](NC(=O)[C@@H](NC)C1CCCCC1)C(C)(C)C)C(C)(C)C21CCC1)C(O)C(=O)NC1CC1.CN[C@H](C(=O)O)C1CCCCC1.Cl.Cl. The van der Waals surface area contributed by atoms with Crippen LogP contribution in [0.5, 0.6) is 0 Å². The maximum absolute atomic E-state index is 14.8. The number of halogens is 2. The largest absolute Gasteiger partial charge is 0.480 e. The van der Waals surface area contributed by atoms with Crippen LogP contribution in [0.25, 0.3) is 0 Å². The van der Waals surface area contributed by atoms with Crippen molar-refractivity contribution in [2.45, 2.75) is 484 Å². The van der Waals surface area contributed by atoms with E-state index in [1.54, 1.807) is 21.7 Å². The average molecular weight is 2010 g/mol. The minimum Gasteiger partial charge on any atom is -0.480 e. The number of carbonyl (C=O) groups is 12. The molecule has 31 nitrogen and oxygen atoms in total. The topological polar surface area (TPSA) is 468 Å². The van der Waals surface area contributed by atoms with Crippen LogP contribution in [-0.4, -0.2) is 249 Å². The Morgan fingerprint density at radius 2 is 0.621 bits per heavy atom. The second-order valence-electron chi connectivity index (χ2n) is 50.4. The third-order valence-electron chi connectivity index (χ3n) is 38.6. The lowest BCUT2D eigenvalue weighted by Crippen LogP contribution is -2.61. The van der Waals surface area contributed by atoms with E-state index >= 15 is 0 Å². The highest BCUT2D eigenvalue weighted by molar-refractivity contribution is 5.97. The van der Waals surface area contributed by atoms with Gasteiger partial charge in [-0.2, -0.15) is 0 Å². The van der Waals surface area contributed by atoms with Crippen LogP contribution in [0.15, 0.2) is 0 Å². The molecular formula is C107H185Cl2N15O16. The van der Waals surface area contributed by atoms with E-state index in [4.69, 9.17) is 16.6 Å². The van der Waals surface area contributed by atoms with E-state index in [1.807, 2.05) is 90.1 Å². The van der Waals surface area contributed by atoms with Crippen LogP contribution in [0.2, 0.25) is 0 Å². The molecular weight excluding hydrogens is 1820 g/mol. The summed E-state index contributed by atoms with van der Waals surface area (Å²) in [6.45, 7) is 38.5. The Bertz CT molecular complexity index is 4340. The summed E-state index contributed by atoms with van der Waals surface area (Å²) in [6, 6.07) is -7.79. The van der Waals surface area contributed by atoms with E-state index in [2.05, 4.69) is 94.7 Å². The van der Waals surface area contributed by atoms with Crippen molar-refractivity contribution in [1.82, 2.24) is 67.9 Å². The normalized spacial score (nSPS) is 28.9. The fourth-order valence-corrected chi connectivity index (χ4v) is 28.4. The monoisotopic (exact) mass is 2010 g/mol. The van der Waals surface area contributed by atoms with Gasteiger partial charge in [0, 0.05) is 54.0 Å². The average Bonchev–Trinajstić information content (AvgIpc) is 1.46. The Kier molecular flexibility index (Phi) is 37.5. The van der Waals surface area contributed by atoms with E-state index < -0.39 is 119 Å². The molecule has 0 bridgehead atoms. The Hall–Kier alpha value is -6.06. The molecule has 15 fully saturated rings. The highest BCUT2D eigenvalue weighted by Crippen LogP contribution is 2.90. The summed E-state index contributed by atoms with van der Waals surface area (Å²) in [5, 5.41) is 71.4. The molecule has 3 saturated heterocycles. The first kappa shape index (κ1) is 116. The number of aliphatic hydroxyl groups is 3. The van der Waals surface area contributed by atoms with Crippen molar-refractivity contribution in [3.63, 3.8) is 0 Å². The number of nitrogens with zero attached hydrogens (tertiary/aromatic N) is 3. The molecule has 18 atom stereocenters. The quantitative estimate of drug-likeness (QED) is 0.0284. The van der Waals surface area contributed by atoms with Crippen LogP contribution < -0.4 is 64.6 Å². The number of likely N-dealkylation sites (tertiary alicyclic amines) is 3. The molecule has 3 aliphatic heterocycles. The first-order chi connectivity index (χ1) is 64.7. The second kappa shape index (κ2) is 45.3. The zero-order chi connectivity index (χ0) is 102. The molecule has 11 amide bonds. The summed E-state index contributed by atoms with van der Waals surface area (Å²) in [4.78, 5) is 167. The van der Waals surface area contributed by atoms with E-state index in [9.17, 15) is 72.9 Å². The number of nitrogens with one attached hydrogen (secondary N) is 10. The Morgan fingerprint density at radius 1 is 0.350 bits per heavy atom. The first-order valence-electron chi connectivity index (χ1n) is 54.2. The molecule has 33 heteroatoms. The van der Waals surface area contributed by atoms with Gasteiger partial charge in [0.1, 0.15) is 36.3 Å². The molecule has 12 saturated carbocycles. The lowest BCUT2D eigenvalue weighted by Gasteiger charge is -2.38. The summed E-state index contributed by atoms with van der Waals surface area (Å²) < 4.78 is 0. The molecule has 3 unspecified atom stereocenters. The Morgan fingerprint density at radius 3 is 0.857 bits per heavy atom. The van der Waals surface area contributed by atoms with Crippen LogP contribution in [0.4, 0.5) is 0 Å². The number of hydrogen-bond donors (Lipinski definition) is 16. The standard InChI is InChI=1S/C36H61N5O5.C35H59N5O5.C27H46N4O4.C9H17NO2.2ClH/c1-8-13-24(27(42)31(45)38-23-16-17-23)39-29(43)25-20-36(34(5,6)35(36)18-12-19-35)21-41(25)32(46)28(33(2,3)4)40-30(44)26(37-7)22-14-10-9-11-15-22;1-7-12-23(26(41)30(44)37-22-15-16-22)38-28(42)24-19-35(33(5,6)34(35)17-11-18-34)20-40(24)31(45)27(32(2,3)4)39-29(43)25(36)21-13-9-8-10-14-21;1-7-9-17(19(32)22(34)29-16-10-11-16)30-21(33)18-14-27(25(5,6)26(27)12-8-13-26)15-31(18)23(35)20(28)24(2,3)4;1-10-8(9(11)12)7-5-3-2-4-6-7;;/h22-28,37,42H,8-21H2,1-7H3,(H,38,45)(H,39,43)(H,40,44);21-27,41H,7-20,36H2,1-6H3,(H,37,44)(H,38,42)(H,39,43);16-20,32H,7-15,28H2,1-6H3,(H,29,34)(H,30,33);7-8,10H,2-6H2,1H3,(H,11,12);2*1H/t24-,25-,26-,27?,28+,36+;23-,24-,25-,26?,27+,35+;17-,18-,19?,20+,27+;8-;;/m0000../s1. The zero-order valence-electron chi connectivity index (χ0n) is 88.8. The van der Waals surface area contributed by atoms with E-state index in [0.717, 1.165) is 161 Å². The fraction of sp³-hybridized carbons (Fsp3) is 0.888. The number of amides is 11. The predicted molar refractivity (Wildman–Crippen MR) is 546 cm³/mol. The van der Waals surface area contributed by atoms with Gasteiger partial charge in [-0.15, -0.1) is 24.8 Å². The molecule has 140 heavy (non-hydrogen) atoms. The van der Waals surface area contributed by atoms with Gasteiger partial charge in [0.15, 0.2) is 18.3 Å². The predicted octanol–water partition coefficient (Wildman–Crippen LogP) is 10.7. The highest BCUT2D eigenvalue weighted by Gasteiger charge is 2.88. The molecule has 798 valence electrons. The summed E-state index contributed by atoms with van der Waals surface area (Å²) in [5.74, 6) is -3.48. The third-order valence-corrected chi connectivity index (χ3v) is 38.6. The Balaban J connectivity index is 0.000000204. The third kappa shape index (κ3) is 22.8. The number of carboxylic acids is 1. The van der Waals surface area contributed by atoms with Crippen molar-refractivity contribution in [2.24, 2.45) is 94.2 Å². The molecule has 18 N–H and O–H groups in total. The summed E-state index contributed by atoms with van der Waals surface area (Å²) in [5.41, 5.74) is 11.2. The van der Waals surface area contributed by atoms with Crippen LogP contribution >= 0.6 is 24.8 Å². The van der Waals surface area contributed by atoms with Gasteiger partial charge in [-0.25, -0.2) is 0 Å². The highest BCUT2D eigenvalue weighted by atomic mass is 35.5. The summed E-state index contributed by atoms with van der Waals surface area (Å²) in [6.07, 6.45) is 33.0. The van der Waals surface area contributed by atoms with E-state index in [1.165, 1.54) is 32.1 Å². The van der Waals surface area contributed by atoms with Crippen molar-refractivity contribution in [3.05, 3.63) is 0 Å². The molecule has 3 heterocycles. The minimum absolute atomic E-state index is 0. The Labute approximate surface area is 848 Å². The zero-order valence-corrected chi connectivity index (χ0v) is 90.5. The molecule has 12 aliphatic carbocycles. The molecule has 0 aromatic carbocycles. The van der Waals surface area contributed by atoms with Crippen LogP contribution in [0, 0.1) is 82.7 Å². The van der Waals surface area contributed by atoms with Crippen molar-refractivity contribution in [3.8, 4) is 0 Å². The molecule has 0 aromatic heterocycles. The van der Waals surface area contributed by atoms with Crippen LogP contribution in [0.1, 0.15) is 375 Å². The number of aliphatic hydroxyl groups excluding tert-OH is 3. The van der Waals surface area contributed by atoms with Gasteiger partial charge in [0.05, 0.1) is 36.3 Å². The molecule has 15 aliphatic rings. The first-order valence-corrected chi connectivity index (χ1v) is 54.2. The van der Waals surface area contributed by atoms with Crippen molar-refractivity contribution in [1.29, 1.82) is 0 Å². The van der Waals surface area contributed by atoms with Crippen molar-refractivity contribution < 1.29 is 78.0 Å². The van der Waals surface area contributed by atoms with Crippen molar-refractivity contribution >= 4 is 95.8 Å². The number of rotatable bonds is 34. The molecule has 6 spiro atoms. The van der Waals surface area contributed by atoms with Gasteiger partial charge >= 0.3 is 5.97 Å². The van der Waals surface area contributed by atoms with Gasteiger partial charge in [0.2, 0.25) is 47.3 Å². The summed E-state index contributed by atoms with van der Waals surface area (Å²) in [7, 11) is 3.55. The lowest BCUT2D eigenvalue weighted by molar-refractivity contribution is -0.145. The number of aliphatic carboxylic acids is 1. The number of carbonyl (C=O) groups excluding carboxylic acids is 11. The van der Waals surface area contributed by atoms with Crippen LogP contribution in [0.3, 0.4) is 0 Å². The second-order valence-corrected chi connectivity index (χ2v) is 50.4. The summed E-state index contributed by atoms with van der Waals surface area (Å²) >= 11 is 0. The number of fused-ring (bicyclic) bond motifs is 3. The minimum atomic E-state index is -1.37. The maximum Gasteiger partial charge on any atom is 0.320 e. The van der Waals surface area contributed by atoms with Gasteiger partial charge in [-0.1, -0.05) is 221 Å². The molecule has 0 radical (unpaired) electrons. The number of carboxylic acid groups (broad SMARTS) is 1. The smallest absolute Gasteiger partial charge is 0.320 e. The van der Waals surface area contributed by atoms with Crippen LogP contribution in [-0.2, 0) is 57.5 Å².